The average molecular weight is 282 g/mol. The molecular formula is C17H28ClN. The summed E-state index contributed by atoms with van der Waals surface area (Å²) in [5.41, 5.74) is 5.29. The van der Waals surface area contributed by atoms with Crippen molar-refractivity contribution in [3.8, 4) is 0 Å². The van der Waals surface area contributed by atoms with E-state index in [1.54, 1.807) is 0 Å². The van der Waals surface area contributed by atoms with Crippen LogP contribution in [0, 0.1) is 20.8 Å². The summed E-state index contributed by atoms with van der Waals surface area (Å²) in [5.74, 6) is 0. The number of alkyl halides is 1. The second-order valence-electron chi connectivity index (χ2n) is 5.53. The predicted octanol–water partition coefficient (Wildman–Crippen LogP) is 5.01. The fourth-order valence-electron chi connectivity index (χ4n) is 2.76. The predicted molar refractivity (Wildman–Crippen MR) is 86.3 cm³/mol. The minimum absolute atomic E-state index is 0.0948. The van der Waals surface area contributed by atoms with Gasteiger partial charge in [0.1, 0.15) is 0 Å². The van der Waals surface area contributed by atoms with E-state index >= 15 is 0 Å². The van der Waals surface area contributed by atoms with Crippen molar-refractivity contribution in [2.45, 2.75) is 52.8 Å². The topological polar surface area (TPSA) is 3.24 Å². The van der Waals surface area contributed by atoms with Gasteiger partial charge in [-0.3, -0.25) is 0 Å². The summed E-state index contributed by atoms with van der Waals surface area (Å²) in [6.07, 6.45) is 2.50. The third-order valence-electron chi connectivity index (χ3n) is 3.74. The Labute approximate surface area is 124 Å². The Hall–Kier alpha value is -0.530. The molecule has 0 saturated heterocycles. The van der Waals surface area contributed by atoms with E-state index in [1.165, 1.54) is 35.1 Å². The van der Waals surface area contributed by atoms with Gasteiger partial charge in [-0.1, -0.05) is 38.0 Å². The Balaban J connectivity index is 2.79. The molecule has 0 bridgehead atoms. The van der Waals surface area contributed by atoms with Crippen molar-refractivity contribution in [2.75, 3.05) is 19.6 Å². The number of hydrogen-bond acceptors (Lipinski definition) is 1. The van der Waals surface area contributed by atoms with Gasteiger partial charge in [0.15, 0.2) is 0 Å². The Kier molecular flexibility index (Phi) is 6.88. The number of nitrogens with zero attached hydrogens (tertiary/aromatic N) is 1. The molecule has 0 heterocycles. The summed E-state index contributed by atoms with van der Waals surface area (Å²) in [6.45, 7) is 14.1. The first-order valence-corrected chi connectivity index (χ1v) is 7.87. The molecule has 1 atom stereocenters. The highest BCUT2D eigenvalue weighted by Crippen LogP contribution is 2.29. The molecule has 0 aliphatic carbocycles. The quantitative estimate of drug-likeness (QED) is 0.635. The summed E-state index contributed by atoms with van der Waals surface area (Å²) in [6, 6.07) is 4.47. The number of benzene rings is 1. The molecule has 0 spiro atoms. The van der Waals surface area contributed by atoms with E-state index in [4.69, 9.17) is 11.6 Å². The van der Waals surface area contributed by atoms with E-state index in [0.29, 0.717) is 0 Å². The lowest BCUT2D eigenvalue weighted by atomic mass is 9.97. The van der Waals surface area contributed by atoms with Crippen LogP contribution in [0.15, 0.2) is 12.1 Å². The number of aryl methyl sites for hydroxylation is 3. The van der Waals surface area contributed by atoms with Crippen molar-refractivity contribution < 1.29 is 0 Å². The minimum Gasteiger partial charge on any atom is -0.302 e. The first kappa shape index (κ1) is 16.5. The maximum absolute atomic E-state index is 6.68. The van der Waals surface area contributed by atoms with Gasteiger partial charge < -0.3 is 4.90 Å². The van der Waals surface area contributed by atoms with Crippen molar-refractivity contribution in [3.63, 3.8) is 0 Å². The number of unbranched alkanes of at least 4 members (excludes halogenated alkanes) is 1. The van der Waals surface area contributed by atoms with Crippen LogP contribution in [0.4, 0.5) is 0 Å². The molecule has 19 heavy (non-hydrogen) atoms. The average Bonchev–Trinajstić information content (AvgIpc) is 2.33. The van der Waals surface area contributed by atoms with E-state index in [1.807, 2.05) is 0 Å². The van der Waals surface area contributed by atoms with E-state index < -0.39 is 0 Å². The molecule has 108 valence electrons. The molecule has 0 N–H and O–H groups in total. The fraction of sp³-hybridized carbons (Fsp3) is 0.647. The lowest BCUT2D eigenvalue weighted by molar-refractivity contribution is 0.283. The molecule has 0 aromatic heterocycles. The van der Waals surface area contributed by atoms with Crippen LogP contribution in [0.1, 0.15) is 54.3 Å². The molecule has 1 aromatic rings. The molecule has 1 unspecified atom stereocenters. The Bertz CT molecular complexity index is 377. The van der Waals surface area contributed by atoms with Gasteiger partial charge in [0, 0.05) is 6.54 Å². The third-order valence-corrected chi connectivity index (χ3v) is 4.10. The lowest BCUT2D eigenvalue weighted by Crippen LogP contribution is -2.28. The van der Waals surface area contributed by atoms with Gasteiger partial charge in [0.2, 0.25) is 0 Å². The number of rotatable bonds is 7. The van der Waals surface area contributed by atoms with Crippen LogP contribution in [-0.2, 0) is 0 Å². The third kappa shape index (κ3) is 4.81. The maximum Gasteiger partial charge on any atom is 0.0717 e. The van der Waals surface area contributed by atoms with Crippen molar-refractivity contribution >= 4 is 11.6 Å². The second kappa shape index (κ2) is 7.91. The Morgan fingerprint density at radius 1 is 1.11 bits per heavy atom. The molecule has 0 amide bonds. The smallest absolute Gasteiger partial charge is 0.0717 e. The van der Waals surface area contributed by atoms with Gasteiger partial charge in [0.05, 0.1) is 5.38 Å². The maximum atomic E-state index is 6.68. The molecule has 1 rings (SSSR count). The van der Waals surface area contributed by atoms with Crippen LogP contribution in [-0.4, -0.2) is 24.5 Å². The number of hydrogen-bond donors (Lipinski definition) is 0. The summed E-state index contributed by atoms with van der Waals surface area (Å²) >= 11 is 6.68. The molecule has 0 aliphatic rings. The molecule has 2 heteroatoms. The van der Waals surface area contributed by atoms with E-state index in [9.17, 15) is 0 Å². The van der Waals surface area contributed by atoms with Gasteiger partial charge >= 0.3 is 0 Å². The highest BCUT2D eigenvalue weighted by molar-refractivity contribution is 6.21. The van der Waals surface area contributed by atoms with Gasteiger partial charge in [-0.2, -0.15) is 0 Å². The lowest BCUT2D eigenvalue weighted by Gasteiger charge is -2.25. The standard InChI is InChI=1S/C17H28ClN/c1-6-8-9-19(7-2)12-16(18)17-14(4)10-13(3)11-15(17)5/h10-11,16H,6-9,12H2,1-5H3. The highest BCUT2D eigenvalue weighted by Gasteiger charge is 2.16. The van der Waals surface area contributed by atoms with Crippen LogP contribution in [0.5, 0.6) is 0 Å². The van der Waals surface area contributed by atoms with E-state index in [-0.39, 0.29) is 5.38 Å². The van der Waals surface area contributed by atoms with Crippen LogP contribution in [0.3, 0.4) is 0 Å². The van der Waals surface area contributed by atoms with Gasteiger partial charge in [-0.25, -0.2) is 0 Å². The number of likely N-dealkylation sites (N-methyl/N-ethyl adjacent to an activating group) is 1. The van der Waals surface area contributed by atoms with Crippen LogP contribution in [0.25, 0.3) is 0 Å². The molecular weight excluding hydrogens is 254 g/mol. The molecule has 0 radical (unpaired) electrons. The minimum atomic E-state index is 0.0948. The van der Waals surface area contributed by atoms with Gasteiger partial charge in [-0.05, 0) is 57.0 Å². The summed E-state index contributed by atoms with van der Waals surface area (Å²) in [7, 11) is 0. The zero-order chi connectivity index (χ0) is 14.4. The molecule has 0 fully saturated rings. The van der Waals surface area contributed by atoms with Crippen LogP contribution in [0.2, 0.25) is 0 Å². The molecule has 1 nitrogen and oxygen atoms in total. The molecule has 0 aliphatic heterocycles. The normalized spacial score (nSPS) is 13.0. The summed E-state index contributed by atoms with van der Waals surface area (Å²) < 4.78 is 0. The first-order chi connectivity index (χ1) is 8.99. The molecule has 0 saturated carbocycles. The Morgan fingerprint density at radius 3 is 2.16 bits per heavy atom. The van der Waals surface area contributed by atoms with Crippen LogP contribution >= 0.6 is 11.6 Å². The van der Waals surface area contributed by atoms with E-state index in [0.717, 1.165) is 19.6 Å². The first-order valence-electron chi connectivity index (χ1n) is 7.43. The zero-order valence-corrected chi connectivity index (χ0v) is 13.8. The zero-order valence-electron chi connectivity index (χ0n) is 13.1. The largest absolute Gasteiger partial charge is 0.302 e. The van der Waals surface area contributed by atoms with E-state index in [2.05, 4.69) is 51.7 Å². The second-order valence-corrected chi connectivity index (χ2v) is 6.05. The monoisotopic (exact) mass is 281 g/mol. The van der Waals surface area contributed by atoms with Gasteiger partial charge in [-0.15, -0.1) is 11.6 Å². The summed E-state index contributed by atoms with van der Waals surface area (Å²) in [5, 5.41) is 0.0948. The van der Waals surface area contributed by atoms with Crippen molar-refractivity contribution in [2.24, 2.45) is 0 Å². The number of halogens is 1. The fourth-order valence-corrected chi connectivity index (χ4v) is 3.30. The highest BCUT2D eigenvalue weighted by atomic mass is 35.5. The van der Waals surface area contributed by atoms with Crippen molar-refractivity contribution in [1.82, 2.24) is 4.90 Å². The summed E-state index contributed by atoms with van der Waals surface area (Å²) in [4.78, 5) is 2.46. The van der Waals surface area contributed by atoms with Crippen LogP contribution < -0.4 is 0 Å². The molecule has 1 aromatic carbocycles. The Morgan fingerprint density at radius 2 is 1.68 bits per heavy atom. The van der Waals surface area contributed by atoms with Gasteiger partial charge in [0.25, 0.3) is 0 Å². The van der Waals surface area contributed by atoms with Crippen molar-refractivity contribution in [1.29, 1.82) is 0 Å². The van der Waals surface area contributed by atoms with Crippen molar-refractivity contribution in [3.05, 3.63) is 34.4 Å². The SMILES string of the molecule is CCCCN(CC)CC(Cl)c1c(C)cc(C)cc1C.